The molecule has 1 aromatic heterocycles. The third-order valence-corrected chi connectivity index (χ3v) is 6.12. The number of aromatic amines is 1. The highest BCUT2D eigenvalue weighted by molar-refractivity contribution is 7.87. The van der Waals surface area contributed by atoms with Gasteiger partial charge in [-0.15, -0.1) is 0 Å². The lowest BCUT2D eigenvalue weighted by atomic mass is 10.1. The van der Waals surface area contributed by atoms with E-state index in [1.807, 2.05) is 19.1 Å². The van der Waals surface area contributed by atoms with E-state index in [1.54, 1.807) is 48.5 Å². The average molecular weight is 486 g/mol. The van der Waals surface area contributed by atoms with Crippen LogP contribution in [0.15, 0.2) is 93.7 Å². The molecule has 0 saturated heterocycles. The molecular formula is C25H19N5O4S. The second-order valence-electron chi connectivity index (χ2n) is 7.41. The molecule has 0 bridgehead atoms. The molecule has 2 N–H and O–H groups in total. The maximum Gasteiger partial charge on any atom is 0.339 e. The number of aromatic nitrogens is 2. The second-order valence-corrected chi connectivity index (χ2v) is 8.95. The van der Waals surface area contributed by atoms with Crippen molar-refractivity contribution < 1.29 is 12.6 Å². The molecule has 0 spiro atoms. The second kappa shape index (κ2) is 10.0. The Kier molecular flexibility index (Phi) is 6.71. The van der Waals surface area contributed by atoms with Crippen LogP contribution in [0.1, 0.15) is 16.7 Å². The van der Waals surface area contributed by atoms with Crippen molar-refractivity contribution in [3.63, 3.8) is 0 Å². The number of H-pyrrole nitrogens is 1. The molecule has 4 aromatic rings. The van der Waals surface area contributed by atoms with Gasteiger partial charge in [-0.25, -0.2) is 10.4 Å². The zero-order chi connectivity index (χ0) is 24.8. The van der Waals surface area contributed by atoms with E-state index >= 15 is 0 Å². The Balaban J connectivity index is 1.47. The van der Waals surface area contributed by atoms with Gasteiger partial charge in [0, 0.05) is 5.56 Å². The monoisotopic (exact) mass is 485 g/mol. The normalized spacial score (nSPS) is 11.2. The van der Waals surface area contributed by atoms with Gasteiger partial charge in [-0.05, 0) is 48.9 Å². The minimum atomic E-state index is -3.94. The molecule has 0 fully saturated rings. The highest BCUT2D eigenvalue weighted by Crippen LogP contribution is 2.20. The first-order valence-electron chi connectivity index (χ1n) is 10.4. The third-order valence-electron chi connectivity index (χ3n) is 4.86. The minimum Gasteiger partial charge on any atom is -0.379 e. The standard InChI is InChI=1S/C25H19N5O4S/c1-17-7-13-21(14-8-17)35(32,33)34-20-11-9-18(10-12-20)16-27-30-25-28-23(19-5-3-2-4-6-19)22(15-26)24(31)29-25/h2-14,16H,1H3,(H2,28,29,30,31). The summed E-state index contributed by atoms with van der Waals surface area (Å²) in [6, 6.07) is 23.4. The van der Waals surface area contributed by atoms with Gasteiger partial charge in [0.1, 0.15) is 22.3 Å². The summed E-state index contributed by atoms with van der Waals surface area (Å²) < 4.78 is 30.0. The predicted molar refractivity (Wildman–Crippen MR) is 132 cm³/mol. The van der Waals surface area contributed by atoms with Crippen molar-refractivity contribution in [1.82, 2.24) is 9.97 Å². The Labute approximate surface area is 201 Å². The molecule has 0 aliphatic heterocycles. The van der Waals surface area contributed by atoms with E-state index in [4.69, 9.17) is 4.18 Å². The summed E-state index contributed by atoms with van der Waals surface area (Å²) in [5.74, 6) is 0.217. The molecule has 10 heteroatoms. The Bertz CT molecular complexity index is 1570. The van der Waals surface area contributed by atoms with Gasteiger partial charge in [-0.2, -0.15) is 18.8 Å². The van der Waals surface area contributed by atoms with Crippen LogP contribution in [0.5, 0.6) is 5.75 Å². The molecule has 0 atom stereocenters. The molecule has 3 aromatic carbocycles. The van der Waals surface area contributed by atoms with Crippen molar-refractivity contribution in [2.75, 3.05) is 5.43 Å². The van der Waals surface area contributed by atoms with E-state index in [2.05, 4.69) is 20.5 Å². The van der Waals surface area contributed by atoms with Crippen LogP contribution in [0.4, 0.5) is 5.95 Å². The van der Waals surface area contributed by atoms with Gasteiger partial charge in [0.2, 0.25) is 5.95 Å². The van der Waals surface area contributed by atoms with E-state index < -0.39 is 15.7 Å². The molecule has 4 rings (SSSR count). The Morgan fingerprint density at radius 1 is 1.03 bits per heavy atom. The first-order chi connectivity index (χ1) is 16.9. The van der Waals surface area contributed by atoms with Gasteiger partial charge in [0.15, 0.2) is 0 Å². The smallest absolute Gasteiger partial charge is 0.339 e. The maximum atomic E-state index is 12.4. The summed E-state index contributed by atoms with van der Waals surface area (Å²) in [5.41, 5.74) is 4.40. The van der Waals surface area contributed by atoms with Crippen LogP contribution in [-0.4, -0.2) is 24.6 Å². The molecule has 9 nitrogen and oxygen atoms in total. The number of anilines is 1. The fraction of sp³-hybridized carbons (Fsp3) is 0.0400. The average Bonchev–Trinajstić information content (AvgIpc) is 2.85. The van der Waals surface area contributed by atoms with E-state index in [0.717, 1.165) is 5.56 Å². The van der Waals surface area contributed by atoms with Crippen molar-refractivity contribution in [3.8, 4) is 23.1 Å². The number of benzene rings is 3. The van der Waals surface area contributed by atoms with Crippen molar-refractivity contribution in [3.05, 3.63) is 106 Å². The van der Waals surface area contributed by atoms with Crippen LogP contribution in [0.2, 0.25) is 0 Å². The van der Waals surface area contributed by atoms with Crippen molar-refractivity contribution in [1.29, 1.82) is 5.26 Å². The Hall–Kier alpha value is -4.75. The Morgan fingerprint density at radius 2 is 1.71 bits per heavy atom. The SMILES string of the molecule is Cc1ccc(S(=O)(=O)Oc2ccc(C=NNc3nc(-c4ccccc4)c(C#N)c(=O)[nH]3)cc2)cc1. The number of nitrogens with zero attached hydrogens (tertiary/aromatic N) is 3. The summed E-state index contributed by atoms with van der Waals surface area (Å²) >= 11 is 0. The van der Waals surface area contributed by atoms with E-state index in [1.165, 1.54) is 30.5 Å². The fourth-order valence-electron chi connectivity index (χ4n) is 3.09. The van der Waals surface area contributed by atoms with Crippen LogP contribution >= 0.6 is 0 Å². The van der Waals surface area contributed by atoms with Gasteiger partial charge in [-0.1, -0.05) is 48.0 Å². The number of hydrogen-bond donors (Lipinski definition) is 2. The summed E-state index contributed by atoms with van der Waals surface area (Å²) in [4.78, 5) is 19.1. The highest BCUT2D eigenvalue weighted by Gasteiger charge is 2.16. The van der Waals surface area contributed by atoms with Crippen LogP contribution in [0.25, 0.3) is 11.3 Å². The topological polar surface area (TPSA) is 137 Å². The van der Waals surface area contributed by atoms with Gasteiger partial charge in [-0.3, -0.25) is 9.78 Å². The lowest BCUT2D eigenvalue weighted by molar-refractivity contribution is 0.486. The third kappa shape index (κ3) is 5.61. The minimum absolute atomic E-state index is 0.0632. The quantitative estimate of drug-likeness (QED) is 0.230. The number of nitrogens with one attached hydrogen (secondary N) is 2. The first-order valence-corrected chi connectivity index (χ1v) is 11.8. The predicted octanol–water partition coefficient (Wildman–Crippen LogP) is 3.83. The molecule has 0 radical (unpaired) electrons. The summed E-state index contributed by atoms with van der Waals surface area (Å²) in [5, 5.41) is 13.4. The van der Waals surface area contributed by atoms with E-state index in [-0.39, 0.29) is 27.9 Å². The van der Waals surface area contributed by atoms with Crippen LogP contribution in [-0.2, 0) is 10.1 Å². The van der Waals surface area contributed by atoms with Gasteiger partial charge in [0.05, 0.1) is 11.9 Å². The lowest BCUT2D eigenvalue weighted by Crippen LogP contribution is -2.16. The molecule has 0 saturated carbocycles. The lowest BCUT2D eigenvalue weighted by Gasteiger charge is -2.07. The van der Waals surface area contributed by atoms with E-state index in [9.17, 15) is 18.5 Å². The van der Waals surface area contributed by atoms with E-state index in [0.29, 0.717) is 11.1 Å². The maximum absolute atomic E-state index is 12.4. The van der Waals surface area contributed by atoms with Crippen LogP contribution in [0, 0.1) is 18.3 Å². The number of hydrazone groups is 1. The van der Waals surface area contributed by atoms with Crippen LogP contribution in [0.3, 0.4) is 0 Å². The first kappa shape index (κ1) is 23.4. The summed E-state index contributed by atoms with van der Waals surface area (Å²) in [6.45, 7) is 1.86. The van der Waals surface area contributed by atoms with Crippen molar-refractivity contribution >= 4 is 22.3 Å². The fourth-order valence-corrected chi connectivity index (χ4v) is 4.02. The molecular weight excluding hydrogens is 466 g/mol. The van der Waals surface area contributed by atoms with Crippen molar-refractivity contribution in [2.24, 2.45) is 5.10 Å². The number of aryl methyl sites for hydroxylation is 1. The largest absolute Gasteiger partial charge is 0.379 e. The molecule has 1 heterocycles. The summed E-state index contributed by atoms with van der Waals surface area (Å²) in [6.07, 6.45) is 1.46. The van der Waals surface area contributed by atoms with Crippen LogP contribution < -0.4 is 15.2 Å². The van der Waals surface area contributed by atoms with Gasteiger partial charge < -0.3 is 4.18 Å². The molecule has 0 unspecified atom stereocenters. The highest BCUT2D eigenvalue weighted by atomic mass is 32.2. The molecule has 0 aliphatic carbocycles. The Morgan fingerprint density at radius 3 is 2.37 bits per heavy atom. The molecule has 174 valence electrons. The van der Waals surface area contributed by atoms with Crippen molar-refractivity contribution in [2.45, 2.75) is 11.8 Å². The molecule has 0 amide bonds. The number of rotatable bonds is 7. The number of hydrogen-bond acceptors (Lipinski definition) is 8. The molecule has 0 aliphatic rings. The zero-order valence-electron chi connectivity index (χ0n) is 18.5. The summed E-state index contributed by atoms with van der Waals surface area (Å²) in [7, 11) is -3.94. The van der Waals surface area contributed by atoms with Gasteiger partial charge in [0.25, 0.3) is 5.56 Å². The number of nitriles is 1. The van der Waals surface area contributed by atoms with Gasteiger partial charge >= 0.3 is 10.1 Å². The molecule has 35 heavy (non-hydrogen) atoms. The zero-order valence-corrected chi connectivity index (χ0v) is 19.3.